The predicted molar refractivity (Wildman–Crippen MR) is 121 cm³/mol. The lowest BCUT2D eigenvalue weighted by Crippen LogP contribution is -2.17. The van der Waals surface area contributed by atoms with Gasteiger partial charge in [-0.1, -0.05) is 12.1 Å². The molecule has 0 aliphatic rings. The highest BCUT2D eigenvalue weighted by atomic mass is 32.1. The third kappa shape index (κ3) is 4.78. The molecule has 0 spiro atoms. The fourth-order valence-corrected chi connectivity index (χ4v) is 3.90. The molecule has 1 heterocycles. The third-order valence-electron chi connectivity index (χ3n) is 4.56. The van der Waals surface area contributed by atoms with Gasteiger partial charge in [0.2, 0.25) is 0 Å². The van der Waals surface area contributed by atoms with E-state index in [0.29, 0.717) is 29.5 Å². The molecule has 0 unspecified atom stereocenters. The van der Waals surface area contributed by atoms with Gasteiger partial charge < -0.3 is 14.5 Å². The minimum Gasteiger partial charge on any atom is -0.461 e. The van der Waals surface area contributed by atoms with Gasteiger partial charge in [-0.3, -0.25) is 0 Å². The van der Waals surface area contributed by atoms with Crippen LogP contribution in [0.15, 0.2) is 48.5 Å². The van der Waals surface area contributed by atoms with Crippen molar-refractivity contribution in [3.05, 3.63) is 70.2 Å². The molecule has 30 heavy (non-hydrogen) atoms. The van der Waals surface area contributed by atoms with Gasteiger partial charge in [-0.25, -0.2) is 9.78 Å². The molecule has 0 amide bonds. The molecule has 154 valence electrons. The van der Waals surface area contributed by atoms with E-state index in [0.717, 1.165) is 21.8 Å². The maximum atomic E-state index is 12.3. The molecular weight excluding hydrogens is 396 g/mol. The van der Waals surface area contributed by atoms with Gasteiger partial charge in [-0.05, 0) is 55.8 Å². The number of hydrogen-bond acceptors (Lipinski definition) is 7. The van der Waals surface area contributed by atoms with Crippen LogP contribution < -0.4 is 9.80 Å². The predicted octanol–water partition coefficient (Wildman–Crippen LogP) is 4.90. The van der Waals surface area contributed by atoms with E-state index in [9.17, 15) is 4.79 Å². The SMILES string of the molecule is CCOC(=O)c1nc(N(Cc2cccc(N(C)C)c2)c2ccc(C#N)cc2)sc1C. The summed E-state index contributed by atoms with van der Waals surface area (Å²) in [6.45, 7) is 4.53. The van der Waals surface area contributed by atoms with Crippen LogP contribution in [0.4, 0.5) is 16.5 Å². The first-order valence-corrected chi connectivity index (χ1v) is 10.4. The number of nitrogens with zero attached hydrogens (tertiary/aromatic N) is 4. The first-order valence-electron chi connectivity index (χ1n) is 9.61. The van der Waals surface area contributed by atoms with Gasteiger partial charge in [0.25, 0.3) is 0 Å². The highest BCUT2D eigenvalue weighted by molar-refractivity contribution is 7.15. The van der Waals surface area contributed by atoms with Crippen LogP contribution in [0, 0.1) is 18.3 Å². The summed E-state index contributed by atoms with van der Waals surface area (Å²) in [5.41, 5.74) is 4.05. The van der Waals surface area contributed by atoms with Crippen LogP contribution >= 0.6 is 11.3 Å². The van der Waals surface area contributed by atoms with Crippen LogP contribution in [-0.2, 0) is 11.3 Å². The minimum absolute atomic E-state index is 0.307. The molecule has 2 aromatic carbocycles. The second-order valence-electron chi connectivity index (χ2n) is 6.93. The second-order valence-corrected chi connectivity index (χ2v) is 8.11. The Labute approximate surface area is 181 Å². The molecule has 6 nitrogen and oxygen atoms in total. The van der Waals surface area contributed by atoms with Gasteiger partial charge >= 0.3 is 5.97 Å². The van der Waals surface area contributed by atoms with Gasteiger partial charge in [-0.15, -0.1) is 11.3 Å². The number of benzene rings is 2. The molecule has 0 aliphatic carbocycles. The Hall–Kier alpha value is -3.37. The number of anilines is 3. The molecule has 3 aromatic rings. The zero-order chi connectivity index (χ0) is 21.7. The van der Waals surface area contributed by atoms with Crippen LogP contribution in [-0.4, -0.2) is 31.7 Å². The fourth-order valence-electron chi connectivity index (χ4n) is 2.99. The second kappa shape index (κ2) is 9.42. The fraction of sp³-hybridized carbons (Fsp3) is 0.261. The minimum atomic E-state index is -0.410. The first-order chi connectivity index (χ1) is 14.4. The molecule has 0 radical (unpaired) electrons. The summed E-state index contributed by atoms with van der Waals surface area (Å²) in [4.78, 5) is 21.8. The molecule has 0 fully saturated rings. The Bertz CT molecular complexity index is 1070. The summed E-state index contributed by atoms with van der Waals surface area (Å²) in [5, 5.41) is 9.83. The van der Waals surface area contributed by atoms with Crippen molar-refractivity contribution >= 4 is 33.8 Å². The molecule has 3 rings (SSSR count). The van der Waals surface area contributed by atoms with Crippen molar-refractivity contribution in [2.75, 3.05) is 30.5 Å². The summed E-state index contributed by atoms with van der Waals surface area (Å²) in [6.07, 6.45) is 0. The van der Waals surface area contributed by atoms with E-state index in [2.05, 4.69) is 39.1 Å². The van der Waals surface area contributed by atoms with E-state index in [4.69, 9.17) is 10.00 Å². The normalized spacial score (nSPS) is 10.4. The van der Waals surface area contributed by atoms with E-state index in [1.54, 1.807) is 19.1 Å². The van der Waals surface area contributed by atoms with Crippen molar-refractivity contribution < 1.29 is 9.53 Å². The van der Waals surface area contributed by atoms with Gasteiger partial charge in [0.1, 0.15) is 0 Å². The molecule has 1 aromatic heterocycles. The van der Waals surface area contributed by atoms with E-state index in [1.807, 2.05) is 39.2 Å². The van der Waals surface area contributed by atoms with Crippen LogP contribution in [0.2, 0.25) is 0 Å². The number of rotatable bonds is 7. The summed E-state index contributed by atoms with van der Waals surface area (Å²) >= 11 is 1.45. The first kappa shape index (κ1) is 21.3. The zero-order valence-corrected chi connectivity index (χ0v) is 18.4. The van der Waals surface area contributed by atoms with E-state index >= 15 is 0 Å². The van der Waals surface area contributed by atoms with E-state index in [-0.39, 0.29) is 0 Å². The Morgan fingerprint density at radius 2 is 1.90 bits per heavy atom. The lowest BCUT2D eigenvalue weighted by atomic mass is 10.1. The summed E-state index contributed by atoms with van der Waals surface area (Å²) < 4.78 is 5.14. The van der Waals surface area contributed by atoms with Crippen molar-refractivity contribution in [2.24, 2.45) is 0 Å². The number of aryl methyl sites for hydroxylation is 1. The molecule has 7 heteroatoms. The van der Waals surface area contributed by atoms with Crippen molar-refractivity contribution in [1.29, 1.82) is 5.26 Å². The average Bonchev–Trinajstić information content (AvgIpc) is 3.14. The van der Waals surface area contributed by atoms with E-state index < -0.39 is 5.97 Å². The van der Waals surface area contributed by atoms with Crippen LogP contribution in [0.1, 0.15) is 33.4 Å². The lowest BCUT2D eigenvalue weighted by Gasteiger charge is -2.23. The molecule has 0 saturated heterocycles. The number of nitriles is 1. The quantitative estimate of drug-likeness (QED) is 0.506. The number of aromatic nitrogens is 1. The van der Waals surface area contributed by atoms with Crippen molar-refractivity contribution in [2.45, 2.75) is 20.4 Å². The molecule has 0 bridgehead atoms. The Morgan fingerprint density at radius 3 is 2.53 bits per heavy atom. The smallest absolute Gasteiger partial charge is 0.358 e. The number of ether oxygens (including phenoxy) is 1. The standard InChI is InChI=1S/C23H24N4O2S/c1-5-29-22(28)21-16(2)30-23(25-21)27(19-11-9-17(14-24)10-12-19)15-18-7-6-8-20(13-18)26(3)4/h6-13H,5,15H2,1-4H3. The Morgan fingerprint density at radius 1 is 1.17 bits per heavy atom. The summed E-state index contributed by atoms with van der Waals surface area (Å²) in [6, 6.07) is 17.8. The van der Waals surface area contributed by atoms with Gasteiger partial charge in [0.15, 0.2) is 10.8 Å². The van der Waals surface area contributed by atoms with Crippen molar-refractivity contribution in [3.63, 3.8) is 0 Å². The molecule has 0 atom stereocenters. The number of esters is 1. The lowest BCUT2D eigenvalue weighted by molar-refractivity contribution is 0.0519. The molecule has 0 N–H and O–H groups in total. The zero-order valence-electron chi connectivity index (χ0n) is 17.5. The molecule has 0 saturated carbocycles. The Kier molecular flexibility index (Phi) is 6.70. The Balaban J connectivity index is 2.02. The highest BCUT2D eigenvalue weighted by Gasteiger charge is 2.21. The average molecular weight is 421 g/mol. The summed E-state index contributed by atoms with van der Waals surface area (Å²) in [7, 11) is 4.01. The number of carbonyl (C=O) groups excluding carboxylic acids is 1. The van der Waals surface area contributed by atoms with Crippen LogP contribution in [0.5, 0.6) is 0 Å². The number of carbonyl (C=O) groups is 1. The van der Waals surface area contributed by atoms with E-state index in [1.165, 1.54) is 11.3 Å². The van der Waals surface area contributed by atoms with Crippen LogP contribution in [0.3, 0.4) is 0 Å². The third-order valence-corrected chi connectivity index (χ3v) is 5.55. The largest absolute Gasteiger partial charge is 0.461 e. The van der Waals surface area contributed by atoms with Crippen molar-refractivity contribution in [1.82, 2.24) is 4.98 Å². The van der Waals surface area contributed by atoms with Gasteiger partial charge in [-0.2, -0.15) is 5.26 Å². The monoisotopic (exact) mass is 420 g/mol. The highest BCUT2D eigenvalue weighted by Crippen LogP contribution is 2.34. The summed E-state index contributed by atoms with van der Waals surface area (Å²) in [5.74, 6) is -0.410. The van der Waals surface area contributed by atoms with Gasteiger partial charge in [0.05, 0.1) is 24.8 Å². The molecule has 0 aliphatic heterocycles. The molecular formula is C23H24N4O2S. The van der Waals surface area contributed by atoms with Crippen molar-refractivity contribution in [3.8, 4) is 6.07 Å². The maximum absolute atomic E-state index is 12.3. The van der Waals surface area contributed by atoms with Gasteiger partial charge in [0, 0.05) is 30.3 Å². The maximum Gasteiger partial charge on any atom is 0.358 e. The topological polar surface area (TPSA) is 69.5 Å². The van der Waals surface area contributed by atoms with Crippen LogP contribution in [0.25, 0.3) is 0 Å². The number of thiazole rings is 1. The number of hydrogen-bond donors (Lipinski definition) is 0.